The molecule has 1 amide bonds. The van der Waals surface area contributed by atoms with Gasteiger partial charge in [0.1, 0.15) is 0 Å². The van der Waals surface area contributed by atoms with Gasteiger partial charge in [0.25, 0.3) is 0 Å². The molecule has 0 rings (SSSR count). The maximum absolute atomic E-state index is 12.1. The van der Waals surface area contributed by atoms with E-state index in [0.29, 0.717) is 18.7 Å². The second kappa shape index (κ2) is 7.28. The Kier molecular flexibility index (Phi) is 6.76. The molecule has 2 N–H and O–H groups in total. The summed E-state index contributed by atoms with van der Waals surface area (Å²) >= 11 is 0. The Hall–Kier alpha value is -1.36. The summed E-state index contributed by atoms with van der Waals surface area (Å²) < 4.78 is 4.86. The van der Waals surface area contributed by atoms with E-state index in [1.54, 1.807) is 27.0 Å². The van der Waals surface area contributed by atoms with Gasteiger partial charge in [0.05, 0.1) is 12.6 Å². The summed E-state index contributed by atoms with van der Waals surface area (Å²) in [6, 6.07) is -0.561. The van der Waals surface area contributed by atoms with Crippen molar-refractivity contribution in [2.24, 2.45) is 11.1 Å². The van der Waals surface area contributed by atoms with E-state index in [-0.39, 0.29) is 17.3 Å². The van der Waals surface area contributed by atoms with E-state index in [2.05, 4.69) is 0 Å². The van der Waals surface area contributed by atoms with Crippen LogP contribution in [-0.4, -0.2) is 43.0 Å². The number of esters is 1. The first-order chi connectivity index (χ1) is 8.61. The van der Waals surface area contributed by atoms with Crippen molar-refractivity contribution in [3.05, 3.63) is 11.6 Å². The lowest BCUT2D eigenvalue weighted by molar-refractivity contribution is -0.138. The smallest absolute Gasteiger partial charge is 0.333 e. The van der Waals surface area contributed by atoms with Gasteiger partial charge in [0.15, 0.2) is 0 Å². The van der Waals surface area contributed by atoms with Crippen molar-refractivity contribution in [1.82, 2.24) is 4.90 Å². The lowest BCUT2D eigenvalue weighted by Gasteiger charge is -2.29. The van der Waals surface area contributed by atoms with Crippen molar-refractivity contribution in [1.29, 1.82) is 0 Å². The van der Waals surface area contributed by atoms with Crippen LogP contribution in [0.25, 0.3) is 0 Å². The van der Waals surface area contributed by atoms with Gasteiger partial charge < -0.3 is 15.4 Å². The van der Waals surface area contributed by atoms with Crippen LogP contribution in [0.2, 0.25) is 0 Å². The average molecular weight is 270 g/mol. The van der Waals surface area contributed by atoms with Gasteiger partial charge in [-0.25, -0.2) is 4.79 Å². The number of hydrogen-bond acceptors (Lipinski definition) is 4. The fourth-order valence-electron chi connectivity index (χ4n) is 1.30. The molecule has 0 saturated carbocycles. The highest BCUT2D eigenvalue weighted by molar-refractivity contribution is 5.88. The first kappa shape index (κ1) is 17.6. The van der Waals surface area contributed by atoms with Crippen molar-refractivity contribution in [3.8, 4) is 0 Å². The van der Waals surface area contributed by atoms with Crippen molar-refractivity contribution in [2.75, 3.05) is 20.2 Å². The highest BCUT2D eigenvalue weighted by Gasteiger charge is 2.29. The molecule has 0 bridgehead atoms. The van der Waals surface area contributed by atoms with Gasteiger partial charge in [-0.1, -0.05) is 26.8 Å². The molecule has 0 aliphatic heterocycles. The summed E-state index contributed by atoms with van der Waals surface area (Å²) in [5.74, 6) is -0.496. The topological polar surface area (TPSA) is 72.6 Å². The molecule has 0 aliphatic carbocycles. The normalized spacial score (nSPS) is 13.9. The van der Waals surface area contributed by atoms with E-state index in [9.17, 15) is 9.59 Å². The Morgan fingerprint density at radius 2 is 1.89 bits per heavy atom. The van der Waals surface area contributed by atoms with Crippen molar-refractivity contribution < 1.29 is 14.3 Å². The van der Waals surface area contributed by atoms with Gasteiger partial charge in [0.2, 0.25) is 5.91 Å². The van der Waals surface area contributed by atoms with Crippen LogP contribution in [0.5, 0.6) is 0 Å². The Balaban J connectivity index is 4.54. The maximum atomic E-state index is 12.1. The van der Waals surface area contributed by atoms with Gasteiger partial charge >= 0.3 is 5.97 Å². The molecular formula is C14H26N2O3. The third kappa shape index (κ3) is 5.87. The molecule has 5 nitrogen and oxygen atoms in total. The molecule has 0 aromatic carbocycles. The molecule has 19 heavy (non-hydrogen) atoms. The van der Waals surface area contributed by atoms with E-state index >= 15 is 0 Å². The van der Waals surface area contributed by atoms with Gasteiger partial charge in [-0.3, -0.25) is 4.79 Å². The predicted octanol–water partition coefficient (Wildman–Crippen LogP) is 1.33. The number of carbonyl (C=O) groups is 2. The predicted molar refractivity (Wildman–Crippen MR) is 75.5 cm³/mol. The van der Waals surface area contributed by atoms with Gasteiger partial charge in [-0.05, 0) is 19.3 Å². The quantitative estimate of drug-likeness (QED) is 0.604. The molecule has 0 saturated heterocycles. The number of ether oxygens (including phenoxy) is 1. The summed E-state index contributed by atoms with van der Waals surface area (Å²) in [5, 5.41) is 0. The Morgan fingerprint density at radius 1 is 1.37 bits per heavy atom. The number of nitrogens with zero attached hydrogens (tertiary/aromatic N) is 1. The average Bonchev–Trinajstić information content (AvgIpc) is 2.32. The van der Waals surface area contributed by atoms with Crippen molar-refractivity contribution >= 4 is 11.9 Å². The summed E-state index contributed by atoms with van der Waals surface area (Å²) in [4.78, 5) is 25.0. The summed E-state index contributed by atoms with van der Waals surface area (Å²) in [7, 11) is 1.67. The van der Waals surface area contributed by atoms with Crippen LogP contribution in [0, 0.1) is 5.41 Å². The molecule has 110 valence electrons. The highest BCUT2D eigenvalue weighted by atomic mass is 16.5. The molecule has 0 aromatic heterocycles. The van der Waals surface area contributed by atoms with Crippen LogP contribution in [0.15, 0.2) is 11.6 Å². The second-order valence-corrected chi connectivity index (χ2v) is 5.67. The summed E-state index contributed by atoms with van der Waals surface area (Å²) in [6.07, 6.45) is 1.67. The van der Waals surface area contributed by atoms with Gasteiger partial charge in [-0.2, -0.15) is 0 Å². The molecule has 0 radical (unpaired) electrons. The number of likely N-dealkylation sites (N-methyl/N-ethyl adjacent to an activating group) is 1. The van der Waals surface area contributed by atoms with Crippen LogP contribution in [0.1, 0.15) is 34.6 Å². The van der Waals surface area contributed by atoms with E-state index in [1.807, 2.05) is 20.8 Å². The van der Waals surface area contributed by atoms with E-state index in [0.717, 1.165) is 0 Å². The van der Waals surface area contributed by atoms with Crippen molar-refractivity contribution in [2.45, 2.75) is 40.7 Å². The lowest BCUT2D eigenvalue weighted by atomic mass is 9.86. The van der Waals surface area contributed by atoms with Crippen LogP contribution < -0.4 is 5.73 Å². The first-order valence-corrected chi connectivity index (χ1v) is 6.45. The zero-order valence-electron chi connectivity index (χ0n) is 12.8. The monoisotopic (exact) mass is 270 g/mol. The van der Waals surface area contributed by atoms with Crippen LogP contribution >= 0.6 is 0 Å². The van der Waals surface area contributed by atoms with Crippen LogP contribution in [0.4, 0.5) is 0 Å². The number of amides is 1. The minimum absolute atomic E-state index is 0.139. The maximum Gasteiger partial charge on any atom is 0.333 e. The van der Waals surface area contributed by atoms with Crippen LogP contribution in [0.3, 0.4) is 0 Å². The third-order valence-corrected chi connectivity index (χ3v) is 2.84. The number of nitrogens with two attached hydrogens (primary N) is 1. The minimum atomic E-state index is -0.561. The van der Waals surface area contributed by atoms with E-state index in [1.165, 1.54) is 4.90 Å². The molecule has 0 aromatic rings. The molecule has 5 heteroatoms. The minimum Gasteiger partial charge on any atom is -0.463 e. The molecule has 0 spiro atoms. The molecular weight excluding hydrogens is 244 g/mol. The molecule has 1 atom stereocenters. The highest BCUT2D eigenvalue weighted by Crippen LogP contribution is 2.18. The summed E-state index contributed by atoms with van der Waals surface area (Å²) in [6.45, 7) is 9.86. The van der Waals surface area contributed by atoms with Crippen molar-refractivity contribution in [3.63, 3.8) is 0 Å². The number of rotatable bonds is 5. The molecule has 0 fully saturated rings. The van der Waals surface area contributed by atoms with Gasteiger partial charge in [0, 0.05) is 19.2 Å². The Morgan fingerprint density at radius 3 is 2.32 bits per heavy atom. The second-order valence-electron chi connectivity index (χ2n) is 5.67. The fourth-order valence-corrected chi connectivity index (χ4v) is 1.30. The fraction of sp³-hybridized carbons (Fsp3) is 0.714. The van der Waals surface area contributed by atoms with Crippen LogP contribution in [-0.2, 0) is 14.3 Å². The SMILES string of the molecule is CCOC(=O)/C(C)=C/CN(C)C(=O)C(N)C(C)(C)C. The molecule has 0 aliphatic rings. The molecule has 1 unspecified atom stereocenters. The number of hydrogen-bond donors (Lipinski definition) is 1. The standard InChI is InChI=1S/C14H26N2O3/c1-7-19-13(18)10(2)8-9-16(6)12(17)11(15)14(3,4)5/h8,11H,7,9,15H2,1-6H3/b10-8+. The Labute approximate surface area is 115 Å². The number of carbonyl (C=O) groups excluding carboxylic acids is 2. The Bertz CT molecular complexity index is 356. The lowest BCUT2D eigenvalue weighted by Crippen LogP contribution is -2.49. The molecule has 0 heterocycles. The third-order valence-electron chi connectivity index (χ3n) is 2.84. The zero-order chi connectivity index (χ0) is 15.2. The first-order valence-electron chi connectivity index (χ1n) is 6.45. The van der Waals surface area contributed by atoms with Gasteiger partial charge in [-0.15, -0.1) is 0 Å². The van der Waals surface area contributed by atoms with E-state index in [4.69, 9.17) is 10.5 Å². The summed E-state index contributed by atoms with van der Waals surface area (Å²) in [5.41, 5.74) is 6.11. The largest absolute Gasteiger partial charge is 0.463 e. The zero-order valence-corrected chi connectivity index (χ0v) is 12.8. The van der Waals surface area contributed by atoms with E-state index < -0.39 is 6.04 Å².